The van der Waals surface area contributed by atoms with Gasteiger partial charge in [0.1, 0.15) is 11.6 Å². The molecule has 0 aliphatic carbocycles. The minimum Gasteiger partial charge on any atom is -0.492 e. The van der Waals surface area contributed by atoms with Gasteiger partial charge in [-0.05, 0) is 56.9 Å². The lowest BCUT2D eigenvalue weighted by Gasteiger charge is -2.35. The van der Waals surface area contributed by atoms with E-state index in [1.807, 2.05) is 42.2 Å². The fourth-order valence-corrected chi connectivity index (χ4v) is 3.48. The highest BCUT2D eigenvalue weighted by Crippen LogP contribution is 2.27. The normalized spacial score (nSPS) is 17.0. The van der Waals surface area contributed by atoms with E-state index < -0.39 is 0 Å². The number of hydrogen-bond donors (Lipinski definition) is 1. The van der Waals surface area contributed by atoms with Crippen molar-refractivity contribution in [2.24, 2.45) is 0 Å². The SMILES string of the molecule is CCOc1ccccc1Nc1cc(C(=O)N2CCCCC2CC)ccn1. The summed E-state index contributed by atoms with van der Waals surface area (Å²) >= 11 is 0. The lowest BCUT2D eigenvalue weighted by atomic mass is 9.99. The lowest BCUT2D eigenvalue weighted by Crippen LogP contribution is -2.43. The van der Waals surface area contributed by atoms with E-state index in [0.29, 0.717) is 24.0 Å². The number of pyridine rings is 1. The number of likely N-dealkylation sites (tertiary alicyclic amines) is 1. The van der Waals surface area contributed by atoms with Gasteiger partial charge in [0.2, 0.25) is 0 Å². The van der Waals surface area contributed by atoms with Crippen LogP contribution in [-0.4, -0.2) is 35.0 Å². The zero-order chi connectivity index (χ0) is 18.4. The highest BCUT2D eigenvalue weighted by Gasteiger charge is 2.26. The van der Waals surface area contributed by atoms with Gasteiger partial charge in [-0.2, -0.15) is 0 Å². The first-order chi connectivity index (χ1) is 12.7. The van der Waals surface area contributed by atoms with Crippen LogP contribution in [0.15, 0.2) is 42.6 Å². The Morgan fingerprint density at radius 2 is 2.12 bits per heavy atom. The van der Waals surface area contributed by atoms with Gasteiger partial charge in [0.15, 0.2) is 0 Å². The Bertz CT molecular complexity index is 748. The van der Waals surface area contributed by atoms with Crippen molar-refractivity contribution < 1.29 is 9.53 Å². The van der Waals surface area contributed by atoms with E-state index in [1.165, 1.54) is 6.42 Å². The van der Waals surface area contributed by atoms with Crippen molar-refractivity contribution in [1.82, 2.24) is 9.88 Å². The van der Waals surface area contributed by atoms with Crippen LogP contribution in [0.1, 0.15) is 49.9 Å². The van der Waals surface area contributed by atoms with Crippen LogP contribution >= 0.6 is 0 Å². The van der Waals surface area contributed by atoms with Crippen LogP contribution in [0.3, 0.4) is 0 Å². The summed E-state index contributed by atoms with van der Waals surface area (Å²) in [5.74, 6) is 1.52. The predicted molar refractivity (Wildman–Crippen MR) is 104 cm³/mol. The number of para-hydroxylation sites is 2. The van der Waals surface area contributed by atoms with Gasteiger partial charge >= 0.3 is 0 Å². The van der Waals surface area contributed by atoms with Crippen LogP contribution in [0.5, 0.6) is 5.75 Å². The van der Waals surface area contributed by atoms with Gasteiger partial charge in [-0.3, -0.25) is 4.79 Å². The highest BCUT2D eigenvalue weighted by molar-refractivity contribution is 5.95. The summed E-state index contributed by atoms with van der Waals surface area (Å²) < 4.78 is 5.65. The molecule has 1 aromatic heterocycles. The third-order valence-electron chi connectivity index (χ3n) is 4.82. The van der Waals surface area contributed by atoms with Gasteiger partial charge in [0.05, 0.1) is 12.3 Å². The molecule has 1 aliphatic heterocycles. The van der Waals surface area contributed by atoms with Crippen molar-refractivity contribution in [2.45, 2.75) is 45.6 Å². The zero-order valence-corrected chi connectivity index (χ0v) is 15.6. The van der Waals surface area contributed by atoms with Crippen molar-refractivity contribution in [2.75, 3.05) is 18.5 Å². The summed E-state index contributed by atoms with van der Waals surface area (Å²) in [4.78, 5) is 19.4. The summed E-state index contributed by atoms with van der Waals surface area (Å²) in [6, 6.07) is 11.7. The standard InChI is InChI=1S/C21H27N3O2/c1-3-17-9-7-8-14-24(17)21(25)16-12-13-22-20(15-16)23-18-10-5-6-11-19(18)26-4-2/h5-6,10-13,15,17H,3-4,7-9,14H2,1-2H3,(H,22,23). The van der Waals surface area contributed by atoms with E-state index in [1.54, 1.807) is 12.3 Å². The summed E-state index contributed by atoms with van der Waals surface area (Å²) in [6.07, 6.45) is 6.08. The number of piperidine rings is 1. The number of aromatic nitrogens is 1. The van der Waals surface area contributed by atoms with E-state index in [-0.39, 0.29) is 5.91 Å². The van der Waals surface area contributed by atoms with Crippen molar-refractivity contribution in [3.05, 3.63) is 48.2 Å². The second kappa shape index (κ2) is 8.70. The van der Waals surface area contributed by atoms with Gasteiger partial charge in [0, 0.05) is 24.3 Å². The number of ether oxygens (including phenoxy) is 1. The first kappa shape index (κ1) is 18.2. The number of carbonyl (C=O) groups is 1. The maximum atomic E-state index is 13.0. The van der Waals surface area contributed by atoms with Crippen LogP contribution in [0.4, 0.5) is 11.5 Å². The van der Waals surface area contributed by atoms with Gasteiger partial charge in [0.25, 0.3) is 5.91 Å². The van der Waals surface area contributed by atoms with Crippen LogP contribution in [-0.2, 0) is 0 Å². The first-order valence-electron chi connectivity index (χ1n) is 9.48. The van der Waals surface area contributed by atoms with Crippen molar-refractivity contribution in [3.63, 3.8) is 0 Å². The molecule has 0 radical (unpaired) electrons. The number of benzene rings is 1. The molecule has 5 heteroatoms. The van der Waals surface area contributed by atoms with Gasteiger partial charge < -0.3 is 15.0 Å². The van der Waals surface area contributed by atoms with Crippen LogP contribution in [0, 0.1) is 0 Å². The third kappa shape index (κ3) is 4.15. The van der Waals surface area contributed by atoms with Crippen LogP contribution in [0.2, 0.25) is 0 Å². The Morgan fingerprint density at radius 3 is 2.92 bits per heavy atom. The molecular formula is C21H27N3O2. The Morgan fingerprint density at radius 1 is 1.27 bits per heavy atom. The van der Waals surface area contributed by atoms with Crippen LogP contribution in [0.25, 0.3) is 0 Å². The van der Waals surface area contributed by atoms with Crippen molar-refractivity contribution >= 4 is 17.4 Å². The number of anilines is 2. The fraction of sp³-hybridized carbons (Fsp3) is 0.429. The molecule has 1 amide bonds. The van der Waals surface area contributed by atoms with Crippen molar-refractivity contribution in [1.29, 1.82) is 0 Å². The van der Waals surface area contributed by atoms with Gasteiger partial charge in [-0.15, -0.1) is 0 Å². The molecule has 0 saturated carbocycles. The maximum absolute atomic E-state index is 13.0. The summed E-state index contributed by atoms with van der Waals surface area (Å²) in [5, 5.41) is 3.27. The maximum Gasteiger partial charge on any atom is 0.254 e. The number of carbonyl (C=O) groups excluding carboxylic acids is 1. The molecule has 3 rings (SSSR count). The number of rotatable bonds is 6. The molecule has 2 aromatic rings. The second-order valence-corrected chi connectivity index (χ2v) is 6.54. The molecule has 138 valence electrons. The monoisotopic (exact) mass is 353 g/mol. The fourth-order valence-electron chi connectivity index (χ4n) is 3.48. The summed E-state index contributed by atoms with van der Waals surface area (Å²) in [6.45, 7) is 5.55. The first-order valence-corrected chi connectivity index (χ1v) is 9.48. The molecule has 0 spiro atoms. The minimum atomic E-state index is 0.0973. The Balaban J connectivity index is 1.79. The predicted octanol–water partition coefficient (Wildman–Crippen LogP) is 4.63. The van der Waals surface area contributed by atoms with Gasteiger partial charge in [-0.1, -0.05) is 19.1 Å². The topological polar surface area (TPSA) is 54.5 Å². The largest absolute Gasteiger partial charge is 0.492 e. The quantitative estimate of drug-likeness (QED) is 0.823. The molecule has 2 heterocycles. The van der Waals surface area contributed by atoms with Crippen molar-refractivity contribution in [3.8, 4) is 5.75 Å². The highest BCUT2D eigenvalue weighted by atomic mass is 16.5. The molecule has 1 N–H and O–H groups in total. The average Bonchev–Trinajstić information content (AvgIpc) is 2.69. The number of amides is 1. The molecule has 1 unspecified atom stereocenters. The molecule has 1 atom stereocenters. The Kier molecular flexibility index (Phi) is 6.10. The van der Waals surface area contributed by atoms with Gasteiger partial charge in [-0.25, -0.2) is 4.98 Å². The molecular weight excluding hydrogens is 326 g/mol. The summed E-state index contributed by atoms with van der Waals surface area (Å²) in [7, 11) is 0. The average molecular weight is 353 g/mol. The molecule has 1 fully saturated rings. The molecule has 1 saturated heterocycles. The van der Waals surface area contributed by atoms with E-state index in [4.69, 9.17) is 4.74 Å². The van der Waals surface area contributed by atoms with E-state index in [0.717, 1.165) is 37.2 Å². The Hall–Kier alpha value is -2.56. The van der Waals surface area contributed by atoms with E-state index in [9.17, 15) is 4.79 Å². The zero-order valence-electron chi connectivity index (χ0n) is 15.6. The minimum absolute atomic E-state index is 0.0973. The third-order valence-corrected chi connectivity index (χ3v) is 4.82. The molecule has 1 aromatic carbocycles. The molecule has 26 heavy (non-hydrogen) atoms. The van der Waals surface area contributed by atoms with E-state index >= 15 is 0 Å². The summed E-state index contributed by atoms with van der Waals surface area (Å²) in [5.41, 5.74) is 1.52. The smallest absolute Gasteiger partial charge is 0.254 e. The second-order valence-electron chi connectivity index (χ2n) is 6.54. The molecule has 0 bridgehead atoms. The number of hydrogen-bond acceptors (Lipinski definition) is 4. The molecule has 5 nitrogen and oxygen atoms in total. The lowest BCUT2D eigenvalue weighted by molar-refractivity contribution is 0.0608. The Labute approximate surface area is 155 Å². The van der Waals surface area contributed by atoms with Crippen LogP contribution < -0.4 is 10.1 Å². The molecule has 1 aliphatic rings. The van der Waals surface area contributed by atoms with E-state index in [2.05, 4.69) is 17.2 Å². The number of nitrogens with zero attached hydrogens (tertiary/aromatic N) is 2. The number of nitrogens with one attached hydrogen (secondary N) is 1.